The molecule has 3 atom stereocenters. The lowest BCUT2D eigenvalue weighted by atomic mass is 9.85. The summed E-state index contributed by atoms with van der Waals surface area (Å²) in [5.41, 5.74) is 5.70. The molecule has 1 heterocycles. The van der Waals surface area contributed by atoms with Gasteiger partial charge in [-0.05, 0) is 5.41 Å². The minimum atomic E-state index is -1.08. The molecule has 0 aromatic rings. The molecular formula is C12H22N2O4. The molecule has 6 heteroatoms. The van der Waals surface area contributed by atoms with Crippen molar-refractivity contribution in [3.05, 3.63) is 0 Å². The number of hydrogen-bond acceptors (Lipinski definition) is 4. The van der Waals surface area contributed by atoms with Crippen LogP contribution in [0.2, 0.25) is 0 Å². The van der Waals surface area contributed by atoms with Crippen LogP contribution < -0.4 is 5.73 Å². The highest BCUT2D eigenvalue weighted by Crippen LogP contribution is 2.24. The number of aliphatic hydroxyl groups is 1. The molecule has 1 rings (SSSR count). The summed E-state index contributed by atoms with van der Waals surface area (Å²) in [6.45, 7) is 5.86. The van der Waals surface area contributed by atoms with E-state index in [9.17, 15) is 14.7 Å². The summed E-state index contributed by atoms with van der Waals surface area (Å²) in [5, 5.41) is 18.5. The minimum absolute atomic E-state index is 0.0761. The van der Waals surface area contributed by atoms with Gasteiger partial charge in [-0.2, -0.15) is 0 Å². The van der Waals surface area contributed by atoms with Crippen LogP contribution in [0.1, 0.15) is 33.6 Å². The van der Waals surface area contributed by atoms with Crippen LogP contribution in [-0.2, 0) is 9.59 Å². The highest BCUT2D eigenvalue weighted by atomic mass is 16.4. The van der Waals surface area contributed by atoms with Gasteiger partial charge >= 0.3 is 5.97 Å². The van der Waals surface area contributed by atoms with Gasteiger partial charge in [-0.15, -0.1) is 0 Å². The lowest BCUT2D eigenvalue weighted by Crippen LogP contribution is -2.45. The summed E-state index contributed by atoms with van der Waals surface area (Å²) in [6, 6.07) is -1.27. The van der Waals surface area contributed by atoms with E-state index in [1.54, 1.807) is 0 Å². The molecular weight excluding hydrogens is 236 g/mol. The van der Waals surface area contributed by atoms with Gasteiger partial charge in [0.2, 0.25) is 5.91 Å². The molecule has 0 aromatic carbocycles. The zero-order valence-corrected chi connectivity index (χ0v) is 11.1. The van der Waals surface area contributed by atoms with Gasteiger partial charge in [0.1, 0.15) is 6.04 Å². The number of carboxylic acid groups (broad SMARTS) is 1. The zero-order chi connectivity index (χ0) is 14.1. The maximum absolute atomic E-state index is 12.0. The minimum Gasteiger partial charge on any atom is -0.480 e. The predicted octanol–water partition coefficient (Wildman–Crippen LogP) is -0.204. The number of amides is 1. The third kappa shape index (κ3) is 3.43. The third-order valence-electron chi connectivity index (χ3n) is 3.39. The summed E-state index contributed by atoms with van der Waals surface area (Å²) in [4.78, 5) is 24.3. The first kappa shape index (κ1) is 14.9. The maximum atomic E-state index is 12.0. The number of likely N-dealkylation sites (tertiary alicyclic amines) is 1. The van der Waals surface area contributed by atoms with Crippen LogP contribution in [0.25, 0.3) is 0 Å². The predicted molar refractivity (Wildman–Crippen MR) is 65.8 cm³/mol. The number of hydrogen-bond donors (Lipinski definition) is 3. The van der Waals surface area contributed by atoms with E-state index in [-0.39, 0.29) is 36.8 Å². The molecule has 0 bridgehead atoms. The Labute approximate surface area is 107 Å². The van der Waals surface area contributed by atoms with Crippen LogP contribution in [0.15, 0.2) is 0 Å². The monoisotopic (exact) mass is 258 g/mol. The van der Waals surface area contributed by atoms with E-state index in [2.05, 4.69) is 0 Å². The first-order valence-electron chi connectivity index (χ1n) is 6.09. The number of aliphatic carboxylic acids is 1. The molecule has 1 saturated heterocycles. The number of β-amino-alcohol motifs (C(OH)–C–C–N with tert-alkyl or cyclic N) is 1. The second-order valence-electron chi connectivity index (χ2n) is 5.97. The fourth-order valence-corrected chi connectivity index (χ4v) is 1.94. The molecule has 1 amide bonds. The SMILES string of the molecule is CC(C)(C)C(N)CC(=O)N1CC(O)CC1C(=O)O. The highest BCUT2D eigenvalue weighted by molar-refractivity contribution is 5.84. The van der Waals surface area contributed by atoms with Crippen LogP contribution in [0.4, 0.5) is 0 Å². The molecule has 0 radical (unpaired) electrons. The largest absolute Gasteiger partial charge is 0.480 e. The Morgan fingerprint density at radius 3 is 2.44 bits per heavy atom. The van der Waals surface area contributed by atoms with Gasteiger partial charge in [0, 0.05) is 25.4 Å². The Bertz CT molecular complexity index is 337. The van der Waals surface area contributed by atoms with Crippen molar-refractivity contribution in [2.75, 3.05) is 6.54 Å². The van der Waals surface area contributed by atoms with Crippen LogP contribution in [-0.4, -0.2) is 51.7 Å². The van der Waals surface area contributed by atoms with E-state index < -0.39 is 18.1 Å². The maximum Gasteiger partial charge on any atom is 0.326 e. The summed E-state index contributed by atoms with van der Waals surface area (Å²) in [7, 11) is 0. The topological polar surface area (TPSA) is 104 Å². The Morgan fingerprint density at radius 1 is 1.44 bits per heavy atom. The zero-order valence-electron chi connectivity index (χ0n) is 11.1. The molecule has 1 fully saturated rings. The number of carbonyl (C=O) groups excluding carboxylic acids is 1. The molecule has 0 spiro atoms. The second kappa shape index (κ2) is 5.24. The average Bonchev–Trinajstić information content (AvgIpc) is 2.58. The summed E-state index contributed by atoms with van der Waals surface area (Å²) >= 11 is 0. The smallest absolute Gasteiger partial charge is 0.326 e. The fourth-order valence-electron chi connectivity index (χ4n) is 1.94. The molecule has 1 aliphatic rings. The average molecular weight is 258 g/mol. The molecule has 104 valence electrons. The summed E-state index contributed by atoms with van der Waals surface area (Å²) in [6.07, 6.45) is -0.577. The third-order valence-corrected chi connectivity index (χ3v) is 3.39. The van der Waals surface area contributed by atoms with Gasteiger partial charge in [-0.1, -0.05) is 20.8 Å². The van der Waals surface area contributed by atoms with Crippen molar-refractivity contribution in [3.8, 4) is 0 Å². The first-order chi connectivity index (χ1) is 8.12. The Morgan fingerprint density at radius 2 is 2.00 bits per heavy atom. The van der Waals surface area contributed by atoms with Crippen LogP contribution in [0, 0.1) is 5.41 Å². The molecule has 0 saturated carbocycles. The number of carboxylic acids is 1. The molecule has 4 N–H and O–H groups in total. The van der Waals surface area contributed by atoms with E-state index >= 15 is 0 Å². The van der Waals surface area contributed by atoms with Crippen LogP contribution in [0.5, 0.6) is 0 Å². The van der Waals surface area contributed by atoms with Crippen molar-refractivity contribution in [2.24, 2.45) is 11.1 Å². The number of nitrogens with two attached hydrogens (primary N) is 1. The molecule has 1 aliphatic heterocycles. The molecule has 6 nitrogen and oxygen atoms in total. The van der Waals surface area contributed by atoms with E-state index in [0.717, 1.165) is 0 Å². The summed E-state index contributed by atoms with van der Waals surface area (Å²) < 4.78 is 0. The quantitative estimate of drug-likeness (QED) is 0.650. The van der Waals surface area contributed by atoms with Gasteiger partial charge < -0.3 is 20.8 Å². The van der Waals surface area contributed by atoms with Crippen molar-refractivity contribution >= 4 is 11.9 Å². The summed E-state index contributed by atoms with van der Waals surface area (Å²) in [5.74, 6) is -1.38. The molecule has 3 unspecified atom stereocenters. The van der Waals surface area contributed by atoms with E-state index in [0.29, 0.717) is 0 Å². The molecule has 18 heavy (non-hydrogen) atoms. The number of carbonyl (C=O) groups is 2. The van der Waals surface area contributed by atoms with Crippen molar-refractivity contribution in [3.63, 3.8) is 0 Å². The number of nitrogens with zero attached hydrogens (tertiary/aromatic N) is 1. The Balaban J connectivity index is 2.69. The molecule has 0 aromatic heterocycles. The van der Waals surface area contributed by atoms with Gasteiger partial charge in [-0.25, -0.2) is 4.79 Å². The Hall–Kier alpha value is -1.14. The van der Waals surface area contributed by atoms with Gasteiger partial charge in [0.15, 0.2) is 0 Å². The Kier molecular flexibility index (Phi) is 4.34. The van der Waals surface area contributed by atoms with E-state index in [1.165, 1.54) is 4.90 Å². The first-order valence-corrected chi connectivity index (χ1v) is 6.09. The lowest BCUT2D eigenvalue weighted by Gasteiger charge is -2.29. The van der Waals surface area contributed by atoms with Crippen molar-refractivity contribution in [2.45, 2.75) is 51.8 Å². The van der Waals surface area contributed by atoms with Crippen LogP contribution >= 0.6 is 0 Å². The van der Waals surface area contributed by atoms with Crippen molar-refractivity contribution in [1.82, 2.24) is 4.90 Å². The van der Waals surface area contributed by atoms with Crippen molar-refractivity contribution < 1.29 is 19.8 Å². The molecule has 0 aliphatic carbocycles. The highest BCUT2D eigenvalue weighted by Gasteiger charge is 2.39. The van der Waals surface area contributed by atoms with Crippen molar-refractivity contribution in [1.29, 1.82) is 0 Å². The second-order valence-corrected chi connectivity index (χ2v) is 5.97. The lowest BCUT2D eigenvalue weighted by molar-refractivity contribution is -0.148. The van der Waals surface area contributed by atoms with E-state index in [4.69, 9.17) is 10.8 Å². The van der Waals surface area contributed by atoms with Gasteiger partial charge in [-0.3, -0.25) is 4.79 Å². The standard InChI is InChI=1S/C12H22N2O4/c1-12(2,3)9(13)5-10(16)14-6-7(15)4-8(14)11(17)18/h7-9,15H,4-6,13H2,1-3H3,(H,17,18). The van der Waals surface area contributed by atoms with Gasteiger partial charge in [0.25, 0.3) is 0 Å². The number of aliphatic hydroxyl groups excluding tert-OH is 1. The van der Waals surface area contributed by atoms with Gasteiger partial charge in [0.05, 0.1) is 6.10 Å². The normalized spacial score (nSPS) is 26.2. The fraction of sp³-hybridized carbons (Fsp3) is 0.833. The van der Waals surface area contributed by atoms with Crippen LogP contribution in [0.3, 0.4) is 0 Å². The number of rotatable bonds is 3. The van der Waals surface area contributed by atoms with E-state index in [1.807, 2.05) is 20.8 Å².